The van der Waals surface area contributed by atoms with E-state index in [4.69, 9.17) is 4.74 Å². The van der Waals surface area contributed by atoms with Crippen LogP contribution in [0, 0.1) is 11.8 Å². The van der Waals surface area contributed by atoms with Crippen LogP contribution in [0.4, 0.5) is 0 Å². The third-order valence-electron chi connectivity index (χ3n) is 6.91. The van der Waals surface area contributed by atoms with Gasteiger partial charge in [0.25, 0.3) is 5.91 Å². The Hall–Kier alpha value is -3.28. The van der Waals surface area contributed by atoms with Gasteiger partial charge < -0.3 is 19.9 Å². The number of benzene rings is 2. The number of aromatic amines is 1. The van der Waals surface area contributed by atoms with E-state index in [1.165, 1.54) is 5.56 Å². The topological polar surface area (TPSA) is 74.4 Å². The summed E-state index contributed by atoms with van der Waals surface area (Å²) in [4.78, 5) is 30.9. The molecule has 6 heteroatoms. The second-order valence-electron chi connectivity index (χ2n) is 8.94. The molecule has 0 aliphatic carbocycles. The predicted octanol–water partition coefficient (Wildman–Crippen LogP) is 4.54. The van der Waals surface area contributed by atoms with Crippen LogP contribution in [0.1, 0.15) is 48.3 Å². The number of nitrogens with one attached hydrogen (secondary N) is 2. The summed E-state index contributed by atoms with van der Waals surface area (Å²) in [5, 5.41) is 4.07. The van der Waals surface area contributed by atoms with Crippen LogP contribution in [0.25, 0.3) is 10.9 Å². The Labute approximate surface area is 195 Å². The lowest BCUT2D eigenvalue weighted by Crippen LogP contribution is -2.42. The van der Waals surface area contributed by atoms with Gasteiger partial charge in [-0.05, 0) is 54.5 Å². The Balaban J connectivity index is 1.29. The van der Waals surface area contributed by atoms with Crippen molar-refractivity contribution in [2.24, 2.45) is 11.8 Å². The van der Waals surface area contributed by atoms with E-state index in [1.807, 2.05) is 36.1 Å². The number of piperidine rings is 1. The number of aromatic nitrogens is 1. The summed E-state index contributed by atoms with van der Waals surface area (Å²) < 4.78 is 5.27. The van der Waals surface area contributed by atoms with Gasteiger partial charge in [-0.15, -0.1) is 0 Å². The molecule has 2 heterocycles. The summed E-state index contributed by atoms with van der Waals surface area (Å²) in [7, 11) is 1.63. The van der Waals surface area contributed by atoms with Crippen LogP contribution in [0.3, 0.4) is 0 Å². The number of aryl methyl sites for hydroxylation is 1. The number of hydrogen-bond donors (Lipinski definition) is 2. The van der Waals surface area contributed by atoms with Gasteiger partial charge in [0.1, 0.15) is 11.4 Å². The zero-order chi connectivity index (χ0) is 23.4. The molecule has 1 saturated heterocycles. The van der Waals surface area contributed by atoms with Gasteiger partial charge >= 0.3 is 0 Å². The largest absolute Gasteiger partial charge is 0.497 e. The van der Waals surface area contributed by atoms with Crippen molar-refractivity contribution in [2.75, 3.05) is 20.2 Å². The summed E-state index contributed by atoms with van der Waals surface area (Å²) in [5.74, 6) is 1.07. The smallest absolute Gasteiger partial charge is 0.270 e. The molecule has 2 aromatic carbocycles. The first-order valence-electron chi connectivity index (χ1n) is 11.8. The number of nitrogens with zero attached hydrogens (tertiary/aromatic N) is 1. The molecule has 1 aliphatic rings. The van der Waals surface area contributed by atoms with Gasteiger partial charge in [0.15, 0.2) is 0 Å². The summed E-state index contributed by atoms with van der Waals surface area (Å²) >= 11 is 0. The van der Waals surface area contributed by atoms with Crippen molar-refractivity contribution >= 4 is 22.7 Å². The zero-order valence-corrected chi connectivity index (χ0v) is 19.7. The second kappa shape index (κ2) is 10.1. The Morgan fingerprint density at radius 2 is 1.79 bits per heavy atom. The molecule has 0 radical (unpaired) electrons. The highest BCUT2D eigenvalue weighted by Gasteiger charge is 2.30. The first-order chi connectivity index (χ1) is 16.0. The average molecular weight is 448 g/mol. The van der Waals surface area contributed by atoms with Gasteiger partial charge in [-0.2, -0.15) is 0 Å². The van der Waals surface area contributed by atoms with Gasteiger partial charge in [0.2, 0.25) is 5.91 Å². The van der Waals surface area contributed by atoms with E-state index in [9.17, 15) is 9.59 Å². The van der Waals surface area contributed by atoms with Crippen LogP contribution >= 0.6 is 0 Å². The van der Waals surface area contributed by atoms with Crippen LogP contribution in [0.15, 0.2) is 48.5 Å². The fraction of sp³-hybridized carbons (Fsp3) is 0.407. The molecular formula is C27H33N3O3. The molecule has 1 aromatic heterocycles. The molecule has 0 bridgehead atoms. The highest BCUT2D eigenvalue weighted by Crippen LogP contribution is 2.27. The lowest BCUT2D eigenvalue weighted by molar-refractivity contribution is -0.126. The van der Waals surface area contributed by atoms with E-state index < -0.39 is 0 Å². The molecule has 3 aromatic rings. The predicted molar refractivity (Wildman–Crippen MR) is 130 cm³/mol. The Morgan fingerprint density at radius 3 is 2.45 bits per heavy atom. The van der Waals surface area contributed by atoms with E-state index in [0.717, 1.165) is 41.5 Å². The first kappa shape index (κ1) is 22.9. The quantitative estimate of drug-likeness (QED) is 0.558. The fourth-order valence-corrected chi connectivity index (χ4v) is 4.58. The van der Waals surface area contributed by atoms with Gasteiger partial charge in [-0.1, -0.05) is 38.1 Å². The van der Waals surface area contributed by atoms with Crippen LogP contribution < -0.4 is 10.1 Å². The third-order valence-corrected chi connectivity index (χ3v) is 6.91. The number of carbonyl (C=O) groups excluding carboxylic acids is 2. The number of likely N-dealkylation sites (tertiary alicyclic amines) is 1. The van der Waals surface area contributed by atoms with Crippen molar-refractivity contribution in [3.8, 4) is 5.75 Å². The van der Waals surface area contributed by atoms with Crippen molar-refractivity contribution < 1.29 is 14.3 Å². The zero-order valence-electron chi connectivity index (χ0n) is 19.7. The van der Waals surface area contributed by atoms with Gasteiger partial charge in [-0.25, -0.2) is 0 Å². The molecule has 6 nitrogen and oxygen atoms in total. The number of amides is 2. The summed E-state index contributed by atoms with van der Waals surface area (Å²) in [6.45, 7) is 6.02. The van der Waals surface area contributed by atoms with Crippen molar-refractivity contribution in [3.05, 3.63) is 65.4 Å². The highest BCUT2D eigenvalue weighted by atomic mass is 16.5. The van der Waals surface area contributed by atoms with E-state index >= 15 is 0 Å². The van der Waals surface area contributed by atoms with Crippen molar-refractivity contribution in [1.29, 1.82) is 0 Å². The molecule has 174 valence electrons. The lowest BCUT2D eigenvalue weighted by Gasteiger charge is -2.34. The van der Waals surface area contributed by atoms with Crippen LogP contribution in [-0.4, -0.2) is 41.9 Å². The first-order valence-corrected chi connectivity index (χ1v) is 11.8. The normalized spacial score (nSPS) is 15.4. The third kappa shape index (κ3) is 5.21. The summed E-state index contributed by atoms with van der Waals surface area (Å²) in [6, 6.07) is 16.0. The monoisotopic (exact) mass is 447 g/mol. The molecule has 1 fully saturated rings. The molecule has 0 unspecified atom stereocenters. The number of H-pyrrole nitrogens is 1. The summed E-state index contributed by atoms with van der Waals surface area (Å²) in [6.07, 6.45) is 2.68. The van der Waals surface area contributed by atoms with Crippen molar-refractivity contribution in [3.63, 3.8) is 0 Å². The van der Waals surface area contributed by atoms with Crippen LogP contribution in [0.5, 0.6) is 5.75 Å². The van der Waals surface area contributed by atoms with Crippen molar-refractivity contribution in [2.45, 2.75) is 39.7 Å². The van der Waals surface area contributed by atoms with E-state index in [0.29, 0.717) is 25.3 Å². The minimum absolute atomic E-state index is 0.0104. The summed E-state index contributed by atoms with van der Waals surface area (Å²) in [5.41, 5.74) is 3.90. The minimum Gasteiger partial charge on any atom is -0.497 e. The molecular weight excluding hydrogens is 414 g/mol. The Bertz CT molecular complexity index is 1110. The maximum absolute atomic E-state index is 13.0. The Kier molecular flexibility index (Phi) is 7.02. The van der Waals surface area contributed by atoms with Gasteiger partial charge in [0, 0.05) is 42.5 Å². The molecule has 1 atom stereocenters. The SMILES string of the molecule is CCc1ccc(CNC(=O)[C@@H](C)C2CCN(C(=O)c3cc4ccc(OC)cc4[nH]3)CC2)cc1. The molecule has 33 heavy (non-hydrogen) atoms. The molecule has 4 rings (SSSR count). The molecule has 2 amide bonds. The number of hydrogen-bond acceptors (Lipinski definition) is 3. The standard InChI is InChI=1S/C27H33N3O3/c1-4-19-5-7-20(8-6-19)17-28-26(31)18(2)21-11-13-30(14-12-21)27(32)25-15-22-9-10-23(33-3)16-24(22)29-25/h5-10,15-16,18,21,29H,4,11-14,17H2,1-3H3,(H,28,31)/t18-/m0/s1. The number of carbonyl (C=O) groups is 2. The second-order valence-corrected chi connectivity index (χ2v) is 8.94. The van der Waals surface area contributed by atoms with Gasteiger partial charge in [-0.3, -0.25) is 9.59 Å². The molecule has 0 saturated carbocycles. The molecule has 0 spiro atoms. The van der Waals surface area contributed by atoms with E-state index in [2.05, 4.69) is 41.5 Å². The average Bonchev–Trinajstić information content (AvgIpc) is 3.30. The van der Waals surface area contributed by atoms with Crippen LogP contribution in [0.2, 0.25) is 0 Å². The van der Waals surface area contributed by atoms with E-state index in [-0.39, 0.29) is 23.7 Å². The Morgan fingerprint density at radius 1 is 1.09 bits per heavy atom. The molecule has 1 aliphatic heterocycles. The van der Waals surface area contributed by atoms with Gasteiger partial charge in [0.05, 0.1) is 7.11 Å². The maximum atomic E-state index is 13.0. The van der Waals surface area contributed by atoms with E-state index in [1.54, 1.807) is 7.11 Å². The van der Waals surface area contributed by atoms with Crippen molar-refractivity contribution in [1.82, 2.24) is 15.2 Å². The minimum atomic E-state index is -0.0716. The molecule has 2 N–H and O–H groups in total. The number of fused-ring (bicyclic) bond motifs is 1. The number of rotatable bonds is 7. The maximum Gasteiger partial charge on any atom is 0.270 e. The fourth-order valence-electron chi connectivity index (χ4n) is 4.58. The number of methoxy groups -OCH3 is 1. The highest BCUT2D eigenvalue weighted by molar-refractivity contribution is 5.98. The van der Waals surface area contributed by atoms with Crippen LogP contribution in [-0.2, 0) is 17.8 Å². The lowest BCUT2D eigenvalue weighted by atomic mass is 9.84. The number of ether oxygens (including phenoxy) is 1.